The highest BCUT2D eigenvalue weighted by atomic mass is 16.5. The van der Waals surface area contributed by atoms with Gasteiger partial charge in [0, 0.05) is 46.0 Å². The lowest BCUT2D eigenvalue weighted by Crippen LogP contribution is -2.61. The van der Waals surface area contributed by atoms with Gasteiger partial charge in [0.2, 0.25) is 0 Å². The van der Waals surface area contributed by atoms with Crippen molar-refractivity contribution in [1.82, 2.24) is 24.9 Å². The molecule has 0 bridgehead atoms. The maximum absolute atomic E-state index is 12.8. The van der Waals surface area contributed by atoms with Gasteiger partial charge in [-0.25, -0.2) is 0 Å². The second-order valence-electron chi connectivity index (χ2n) is 8.86. The second-order valence-corrected chi connectivity index (χ2v) is 8.86. The summed E-state index contributed by atoms with van der Waals surface area (Å²) in [5.74, 6) is -0.134. The van der Waals surface area contributed by atoms with Crippen LogP contribution >= 0.6 is 0 Å². The first kappa shape index (κ1) is 21.5. The average Bonchev–Trinajstić information content (AvgIpc) is 3.19. The first-order valence-corrected chi connectivity index (χ1v) is 10.8. The molecule has 0 radical (unpaired) electrons. The molecule has 1 atom stereocenters. The minimum Gasteiger partial charge on any atom is -0.359 e. The number of carbonyl (C=O) groups excluding carboxylic acids is 2. The van der Waals surface area contributed by atoms with E-state index in [-0.39, 0.29) is 11.8 Å². The normalized spacial score (nSPS) is 21.3. The quantitative estimate of drug-likeness (QED) is 0.800. The molecule has 8 heteroatoms. The highest BCUT2D eigenvalue weighted by molar-refractivity contribution is 5.92. The Kier molecular flexibility index (Phi) is 6.11. The summed E-state index contributed by atoms with van der Waals surface area (Å²) in [5, 5.41) is 7.24. The van der Waals surface area contributed by atoms with E-state index in [1.54, 1.807) is 24.0 Å². The van der Waals surface area contributed by atoms with Gasteiger partial charge in [-0.1, -0.05) is 29.8 Å². The maximum Gasteiger partial charge on any atom is 0.274 e. The van der Waals surface area contributed by atoms with Gasteiger partial charge in [0.05, 0.1) is 5.60 Å². The SMILES string of the molecule is Cc1ccc(CNC(=O)C2CN(C)CC3(CCN(C(=O)c4ccn(C)n4)CC3)O2)cc1. The molecule has 8 nitrogen and oxygen atoms in total. The van der Waals surface area contributed by atoms with Crippen LogP contribution in [0.15, 0.2) is 36.5 Å². The number of benzene rings is 1. The Morgan fingerprint density at radius 1 is 1.16 bits per heavy atom. The molecule has 1 spiro atoms. The molecular weight excluding hydrogens is 394 g/mol. The van der Waals surface area contributed by atoms with E-state index < -0.39 is 11.7 Å². The molecule has 1 unspecified atom stereocenters. The standard InChI is InChI=1S/C23H31N5O3/c1-17-4-6-18(7-5-17)14-24-21(29)20-15-26(2)16-23(31-20)9-12-28(13-10-23)22(30)19-8-11-27(3)25-19/h4-8,11,20H,9-10,12-16H2,1-3H3,(H,24,29). The number of aryl methyl sites for hydroxylation is 2. The molecule has 1 N–H and O–H groups in total. The third kappa shape index (κ3) is 4.97. The molecule has 2 aliphatic heterocycles. The lowest BCUT2D eigenvalue weighted by atomic mass is 9.88. The number of hydrogen-bond acceptors (Lipinski definition) is 5. The van der Waals surface area contributed by atoms with Gasteiger partial charge in [0.1, 0.15) is 11.8 Å². The summed E-state index contributed by atoms with van der Waals surface area (Å²) < 4.78 is 8.02. The second kappa shape index (κ2) is 8.80. The van der Waals surface area contributed by atoms with Crippen molar-refractivity contribution in [2.45, 2.75) is 38.0 Å². The molecule has 2 aromatic rings. The molecule has 2 fully saturated rings. The van der Waals surface area contributed by atoms with E-state index in [1.807, 2.05) is 43.1 Å². The highest BCUT2D eigenvalue weighted by Gasteiger charge is 2.44. The van der Waals surface area contributed by atoms with Crippen LogP contribution in [0.25, 0.3) is 0 Å². The van der Waals surface area contributed by atoms with Crippen LogP contribution in [0.2, 0.25) is 0 Å². The Labute approximate surface area is 183 Å². The van der Waals surface area contributed by atoms with Crippen molar-refractivity contribution in [2.75, 3.05) is 33.2 Å². The van der Waals surface area contributed by atoms with E-state index in [1.165, 1.54) is 5.56 Å². The zero-order chi connectivity index (χ0) is 22.0. The molecule has 1 aromatic heterocycles. The third-order valence-electron chi connectivity index (χ3n) is 6.20. The molecule has 2 aliphatic rings. The molecule has 166 valence electrons. The summed E-state index contributed by atoms with van der Waals surface area (Å²) in [7, 11) is 3.83. The molecule has 2 saturated heterocycles. The molecule has 3 heterocycles. The monoisotopic (exact) mass is 425 g/mol. The van der Waals surface area contributed by atoms with Gasteiger partial charge in [-0.05, 0) is 38.4 Å². The van der Waals surface area contributed by atoms with Gasteiger partial charge >= 0.3 is 0 Å². The Balaban J connectivity index is 1.34. The number of amides is 2. The van der Waals surface area contributed by atoms with Crippen LogP contribution in [0.1, 0.15) is 34.5 Å². The number of carbonyl (C=O) groups is 2. The van der Waals surface area contributed by atoms with Crippen molar-refractivity contribution in [1.29, 1.82) is 0 Å². The number of hydrogen-bond donors (Lipinski definition) is 1. The smallest absolute Gasteiger partial charge is 0.274 e. The number of rotatable bonds is 4. The van der Waals surface area contributed by atoms with E-state index in [0.717, 1.165) is 12.1 Å². The molecule has 0 saturated carbocycles. The summed E-state index contributed by atoms with van der Waals surface area (Å²) in [6.07, 6.45) is 2.68. The maximum atomic E-state index is 12.8. The molecule has 1 aromatic carbocycles. The van der Waals surface area contributed by atoms with Crippen LogP contribution in [0.5, 0.6) is 0 Å². The predicted molar refractivity (Wildman–Crippen MR) is 116 cm³/mol. The summed E-state index contributed by atoms with van der Waals surface area (Å²) in [6, 6.07) is 9.88. The van der Waals surface area contributed by atoms with Crippen LogP contribution in [0.3, 0.4) is 0 Å². The van der Waals surface area contributed by atoms with Crippen LogP contribution in [-0.4, -0.2) is 76.3 Å². The van der Waals surface area contributed by atoms with Gasteiger partial charge in [-0.3, -0.25) is 14.3 Å². The first-order valence-electron chi connectivity index (χ1n) is 10.8. The number of nitrogens with one attached hydrogen (secondary N) is 1. The number of likely N-dealkylation sites (tertiary alicyclic amines) is 1. The zero-order valence-electron chi connectivity index (χ0n) is 18.5. The topological polar surface area (TPSA) is 79.7 Å². The Bertz CT molecular complexity index is 931. The van der Waals surface area contributed by atoms with E-state index in [0.29, 0.717) is 44.7 Å². The average molecular weight is 426 g/mol. The van der Waals surface area contributed by atoms with Gasteiger partial charge < -0.3 is 19.9 Å². The fraction of sp³-hybridized carbons (Fsp3) is 0.522. The van der Waals surface area contributed by atoms with Crippen molar-refractivity contribution >= 4 is 11.8 Å². The number of piperidine rings is 1. The van der Waals surface area contributed by atoms with Crippen molar-refractivity contribution in [2.24, 2.45) is 7.05 Å². The van der Waals surface area contributed by atoms with E-state index in [2.05, 4.69) is 15.3 Å². The van der Waals surface area contributed by atoms with Crippen molar-refractivity contribution in [3.63, 3.8) is 0 Å². The highest BCUT2D eigenvalue weighted by Crippen LogP contribution is 2.32. The van der Waals surface area contributed by atoms with Crippen LogP contribution in [0, 0.1) is 6.92 Å². The third-order valence-corrected chi connectivity index (χ3v) is 6.20. The van der Waals surface area contributed by atoms with E-state index in [9.17, 15) is 9.59 Å². The van der Waals surface area contributed by atoms with E-state index >= 15 is 0 Å². The number of morpholine rings is 1. The zero-order valence-corrected chi connectivity index (χ0v) is 18.5. The fourth-order valence-corrected chi connectivity index (χ4v) is 4.45. The van der Waals surface area contributed by atoms with Gasteiger partial charge in [-0.15, -0.1) is 0 Å². The molecule has 31 heavy (non-hydrogen) atoms. The minimum absolute atomic E-state index is 0.0491. The molecular formula is C23H31N5O3. The van der Waals surface area contributed by atoms with Gasteiger partial charge in [0.15, 0.2) is 0 Å². The van der Waals surface area contributed by atoms with Crippen LogP contribution < -0.4 is 5.32 Å². The lowest BCUT2D eigenvalue weighted by molar-refractivity contribution is -0.180. The summed E-state index contributed by atoms with van der Waals surface area (Å²) >= 11 is 0. The summed E-state index contributed by atoms with van der Waals surface area (Å²) in [5.41, 5.74) is 2.33. The largest absolute Gasteiger partial charge is 0.359 e. The Morgan fingerprint density at radius 3 is 2.52 bits per heavy atom. The fourth-order valence-electron chi connectivity index (χ4n) is 4.45. The van der Waals surface area contributed by atoms with Gasteiger partial charge in [-0.2, -0.15) is 5.10 Å². The van der Waals surface area contributed by atoms with Crippen molar-refractivity contribution < 1.29 is 14.3 Å². The molecule has 4 rings (SSSR count). The van der Waals surface area contributed by atoms with Crippen LogP contribution in [-0.2, 0) is 23.1 Å². The Hall–Kier alpha value is -2.71. The Morgan fingerprint density at radius 2 is 1.87 bits per heavy atom. The lowest BCUT2D eigenvalue weighted by Gasteiger charge is -2.48. The first-order chi connectivity index (χ1) is 14.8. The van der Waals surface area contributed by atoms with Crippen molar-refractivity contribution in [3.05, 3.63) is 53.3 Å². The number of nitrogens with zero attached hydrogens (tertiary/aromatic N) is 4. The van der Waals surface area contributed by atoms with E-state index in [4.69, 9.17) is 4.74 Å². The van der Waals surface area contributed by atoms with Crippen molar-refractivity contribution in [3.8, 4) is 0 Å². The minimum atomic E-state index is -0.512. The predicted octanol–water partition coefficient (Wildman–Crippen LogP) is 1.35. The number of likely N-dealkylation sites (N-methyl/N-ethyl adjacent to an activating group) is 1. The summed E-state index contributed by atoms with van der Waals surface area (Å²) in [6.45, 7) is 5.06. The molecule has 0 aliphatic carbocycles. The summed E-state index contributed by atoms with van der Waals surface area (Å²) in [4.78, 5) is 29.5. The molecule has 2 amide bonds. The van der Waals surface area contributed by atoms with Gasteiger partial charge in [0.25, 0.3) is 11.8 Å². The number of aromatic nitrogens is 2. The number of ether oxygens (including phenoxy) is 1. The van der Waals surface area contributed by atoms with Crippen LogP contribution in [0.4, 0.5) is 0 Å².